The topological polar surface area (TPSA) is 55.4 Å². The smallest absolute Gasteiger partial charge is 0.348 e. The van der Waals surface area contributed by atoms with E-state index in [0.29, 0.717) is 10.8 Å². The lowest BCUT2D eigenvalue weighted by Gasteiger charge is -2.16. The Kier molecular flexibility index (Phi) is 5.13. The molecule has 1 atom stereocenters. The van der Waals surface area contributed by atoms with Gasteiger partial charge >= 0.3 is 5.97 Å². The zero-order valence-electron chi connectivity index (χ0n) is 13.6. The minimum Gasteiger partial charge on any atom is -0.451 e. The van der Waals surface area contributed by atoms with E-state index in [9.17, 15) is 18.4 Å². The first-order valence-corrected chi connectivity index (χ1v) is 8.78. The summed E-state index contributed by atoms with van der Waals surface area (Å²) >= 11 is 1.38. The first-order valence-electron chi connectivity index (χ1n) is 7.96. The van der Waals surface area contributed by atoms with Gasteiger partial charge in [0, 0.05) is 4.88 Å². The number of esters is 1. The van der Waals surface area contributed by atoms with Crippen LogP contribution in [0.1, 0.15) is 33.5 Å². The van der Waals surface area contributed by atoms with E-state index >= 15 is 0 Å². The summed E-state index contributed by atoms with van der Waals surface area (Å²) in [6.45, 7) is 1.57. The number of aryl methyl sites for hydroxylation is 1. The van der Waals surface area contributed by atoms with Gasteiger partial charge in [0.1, 0.15) is 22.2 Å². The highest BCUT2D eigenvalue weighted by Crippen LogP contribution is 2.32. The minimum absolute atomic E-state index is 0.448. The zero-order valence-corrected chi connectivity index (χ0v) is 14.4. The predicted octanol–water partition coefficient (Wildman–Crippen LogP) is 3.95. The Morgan fingerprint density at radius 2 is 2.04 bits per heavy atom. The average Bonchev–Trinajstić information content (AvgIpc) is 2.99. The number of fused-ring (bicyclic) bond motifs is 1. The summed E-state index contributed by atoms with van der Waals surface area (Å²) in [5, 5.41) is 2.08. The molecular formula is C18H17F2NO3S. The van der Waals surface area contributed by atoms with Crippen LogP contribution in [0.3, 0.4) is 0 Å². The average molecular weight is 365 g/mol. The molecular weight excluding hydrogens is 348 g/mol. The van der Waals surface area contributed by atoms with Crippen molar-refractivity contribution in [1.29, 1.82) is 0 Å². The van der Waals surface area contributed by atoms with Crippen LogP contribution in [-0.4, -0.2) is 18.5 Å². The van der Waals surface area contributed by atoms with Crippen LogP contribution < -0.4 is 5.32 Å². The summed E-state index contributed by atoms with van der Waals surface area (Å²) < 4.78 is 31.9. The molecule has 0 aliphatic heterocycles. The van der Waals surface area contributed by atoms with Gasteiger partial charge in [-0.1, -0.05) is 13.0 Å². The van der Waals surface area contributed by atoms with Gasteiger partial charge in [-0.3, -0.25) is 4.79 Å². The number of benzene rings is 1. The Bertz CT molecular complexity index is 798. The lowest BCUT2D eigenvalue weighted by Crippen LogP contribution is -2.21. The second kappa shape index (κ2) is 7.31. The third-order valence-corrected chi connectivity index (χ3v) is 5.31. The Balaban J connectivity index is 1.58. The predicted molar refractivity (Wildman–Crippen MR) is 90.8 cm³/mol. The van der Waals surface area contributed by atoms with Gasteiger partial charge in [-0.15, -0.1) is 11.3 Å². The van der Waals surface area contributed by atoms with Crippen molar-refractivity contribution in [2.45, 2.75) is 26.2 Å². The molecule has 1 aromatic carbocycles. The number of thiophene rings is 1. The molecule has 132 valence electrons. The van der Waals surface area contributed by atoms with Gasteiger partial charge in [0.15, 0.2) is 6.61 Å². The standard InChI is InChI=1S/C18H17F2NO3S/c1-10-5-6-14-11(7-10)8-15(25-14)18(23)24-9-16(22)21-17-12(19)3-2-4-13(17)20/h2-4,8,10H,5-7,9H2,1H3,(H,21,22). The third kappa shape index (κ3) is 4.04. The van der Waals surface area contributed by atoms with E-state index < -0.39 is 35.8 Å². The molecule has 0 saturated heterocycles. The van der Waals surface area contributed by atoms with E-state index in [-0.39, 0.29) is 0 Å². The normalized spacial score (nSPS) is 16.2. The number of carbonyl (C=O) groups is 2. The summed E-state index contributed by atoms with van der Waals surface area (Å²) in [6.07, 6.45) is 2.98. The van der Waals surface area contributed by atoms with Crippen LogP contribution in [0.25, 0.3) is 0 Å². The first kappa shape index (κ1) is 17.5. The largest absolute Gasteiger partial charge is 0.451 e. The van der Waals surface area contributed by atoms with Crippen LogP contribution in [0.2, 0.25) is 0 Å². The second-order valence-corrected chi connectivity index (χ2v) is 7.26. The van der Waals surface area contributed by atoms with E-state index in [1.54, 1.807) is 0 Å². The second-order valence-electron chi connectivity index (χ2n) is 6.13. The number of ether oxygens (including phenoxy) is 1. The molecule has 1 N–H and O–H groups in total. The van der Waals surface area contributed by atoms with Gasteiger partial charge < -0.3 is 10.1 Å². The summed E-state index contributed by atoms with van der Waals surface area (Å²) in [5.41, 5.74) is 0.609. The summed E-state index contributed by atoms with van der Waals surface area (Å²) in [7, 11) is 0. The SMILES string of the molecule is CC1CCc2sc(C(=O)OCC(=O)Nc3c(F)cccc3F)cc2C1. The number of halogens is 2. The van der Waals surface area contributed by atoms with Crippen molar-refractivity contribution >= 4 is 28.9 Å². The van der Waals surface area contributed by atoms with Gasteiger partial charge in [0.2, 0.25) is 0 Å². The van der Waals surface area contributed by atoms with Crippen molar-refractivity contribution in [1.82, 2.24) is 0 Å². The molecule has 1 unspecified atom stereocenters. The van der Waals surface area contributed by atoms with Crippen molar-refractivity contribution in [3.8, 4) is 0 Å². The van der Waals surface area contributed by atoms with E-state index in [4.69, 9.17) is 4.74 Å². The van der Waals surface area contributed by atoms with Gasteiger partial charge in [0.25, 0.3) is 5.91 Å². The van der Waals surface area contributed by atoms with E-state index in [0.717, 1.165) is 37.0 Å². The molecule has 0 saturated carbocycles. The molecule has 1 heterocycles. The van der Waals surface area contributed by atoms with Crippen molar-refractivity contribution in [2.75, 3.05) is 11.9 Å². The molecule has 1 amide bonds. The van der Waals surface area contributed by atoms with Crippen molar-refractivity contribution < 1.29 is 23.1 Å². The first-order chi connectivity index (χ1) is 11.9. The molecule has 4 nitrogen and oxygen atoms in total. The van der Waals surface area contributed by atoms with E-state index in [2.05, 4.69) is 12.2 Å². The van der Waals surface area contributed by atoms with Crippen LogP contribution in [-0.2, 0) is 22.4 Å². The maximum absolute atomic E-state index is 13.5. The third-order valence-electron chi connectivity index (χ3n) is 4.09. The molecule has 3 rings (SSSR count). The van der Waals surface area contributed by atoms with E-state index in [1.165, 1.54) is 22.3 Å². The number of rotatable bonds is 4. The fourth-order valence-electron chi connectivity index (χ4n) is 2.80. The molecule has 0 bridgehead atoms. The van der Waals surface area contributed by atoms with Crippen molar-refractivity contribution in [3.05, 3.63) is 51.2 Å². The fraction of sp³-hybridized carbons (Fsp3) is 0.333. The Hall–Kier alpha value is -2.28. The van der Waals surface area contributed by atoms with Gasteiger partial charge in [-0.05, 0) is 48.9 Å². The van der Waals surface area contributed by atoms with Gasteiger partial charge in [-0.25, -0.2) is 13.6 Å². The highest BCUT2D eigenvalue weighted by molar-refractivity contribution is 7.14. The van der Waals surface area contributed by atoms with Gasteiger partial charge in [0.05, 0.1) is 0 Å². The van der Waals surface area contributed by atoms with Crippen LogP contribution in [0.15, 0.2) is 24.3 Å². The molecule has 1 aliphatic rings. The maximum atomic E-state index is 13.5. The Morgan fingerprint density at radius 3 is 2.76 bits per heavy atom. The number of carbonyl (C=O) groups excluding carboxylic acids is 2. The number of hydrogen-bond acceptors (Lipinski definition) is 4. The summed E-state index contributed by atoms with van der Waals surface area (Å²) in [5.74, 6) is -2.59. The number of anilines is 1. The van der Waals surface area contributed by atoms with Crippen LogP contribution >= 0.6 is 11.3 Å². The quantitative estimate of drug-likeness (QED) is 0.835. The highest BCUT2D eigenvalue weighted by Gasteiger charge is 2.22. The molecule has 1 aromatic heterocycles. The fourth-order valence-corrected chi connectivity index (χ4v) is 3.90. The number of para-hydroxylation sites is 1. The van der Waals surface area contributed by atoms with Crippen LogP contribution in [0, 0.1) is 17.6 Å². The van der Waals surface area contributed by atoms with Crippen molar-refractivity contribution in [2.24, 2.45) is 5.92 Å². The molecule has 7 heteroatoms. The van der Waals surface area contributed by atoms with Crippen LogP contribution in [0.5, 0.6) is 0 Å². The molecule has 2 aromatic rings. The highest BCUT2D eigenvalue weighted by atomic mass is 32.1. The summed E-state index contributed by atoms with van der Waals surface area (Å²) in [4.78, 5) is 25.5. The number of amides is 1. The monoisotopic (exact) mass is 365 g/mol. The van der Waals surface area contributed by atoms with Crippen molar-refractivity contribution in [3.63, 3.8) is 0 Å². The molecule has 0 spiro atoms. The lowest BCUT2D eigenvalue weighted by atomic mass is 9.90. The maximum Gasteiger partial charge on any atom is 0.348 e. The Morgan fingerprint density at radius 1 is 1.32 bits per heavy atom. The zero-order chi connectivity index (χ0) is 18.0. The molecule has 25 heavy (non-hydrogen) atoms. The van der Waals surface area contributed by atoms with Gasteiger partial charge in [-0.2, -0.15) is 0 Å². The van der Waals surface area contributed by atoms with E-state index in [1.807, 2.05) is 6.07 Å². The number of hydrogen-bond donors (Lipinski definition) is 1. The lowest BCUT2D eigenvalue weighted by molar-refractivity contribution is -0.119. The Labute approximate surface area is 147 Å². The molecule has 1 aliphatic carbocycles. The molecule has 0 radical (unpaired) electrons. The minimum atomic E-state index is -0.889. The summed E-state index contributed by atoms with van der Waals surface area (Å²) in [6, 6.07) is 5.07. The molecule has 0 fully saturated rings. The van der Waals surface area contributed by atoms with Crippen LogP contribution in [0.4, 0.5) is 14.5 Å². The number of nitrogens with one attached hydrogen (secondary N) is 1.